The summed E-state index contributed by atoms with van der Waals surface area (Å²) in [6.45, 7) is 14.5. The summed E-state index contributed by atoms with van der Waals surface area (Å²) in [5, 5.41) is 3.52. The van der Waals surface area contributed by atoms with Crippen LogP contribution in [0.2, 0.25) is 0 Å². The molecule has 0 aromatic carbocycles. The first-order valence-electron chi connectivity index (χ1n) is 6.77. The first-order valence-corrected chi connectivity index (χ1v) is 7.58. The third-order valence-corrected chi connectivity index (χ3v) is 4.65. The third-order valence-electron chi connectivity index (χ3n) is 3.65. The molecule has 1 atom stereocenters. The van der Waals surface area contributed by atoms with Crippen molar-refractivity contribution in [1.29, 1.82) is 0 Å². The monoisotopic (exact) mass is 268 g/mol. The van der Waals surface area contributed by atoms with Gasteiger partial charge in [0.05, 0.1) is 0 Å². The van der Waals surface area contributed by atoms with Crippen LogP contribution in [0, 0.1) is 12.3 Å². The molecule has 1 heterocycles. The largest absolute Gasteiger partial charge is 0.311 e. The average Bonchev–Trinajstić information content (AvgIpc) is 2.68. The highest BCUT2D eigenvalue weighted by Crippen LogP contribution is 2.22. The molecule has 0 aliphatic rings. The van der Waals surface area contributed by atoms with Gasteiger partial charge in [-0.15, -0.1) is 11.3 Å². The van der Waals surface area contributed by atoms with Crippen LogP contribution < -0.4 is 5.32 Å². The van der Waals surface area contributed by atoms with E-state index in [4.69, 9.17) is 0 Å². The van der Waals surface area contributed by atoms with Crippen molar-refractivity contribution in [3.8, 4) is 0 Å². The molecule has 0 aliphatic carbocycles. The van der Waals surface area contributed by atoms with E-state index in [1.54, 1.807) is 0 Å². The summed E-state index contributed by atoms with van der Waals surface area (Å²) in [6, 6.07) is 5.01. The van der Waals surface area contributed by atoms with Crippen LogP contribution in [-0.2, 0) is 6.54 Å². The Morgan fingerprint density at radius 1 is 1.33 bits per heavy atom. The predicted molar refractivity (Wildman–Crippen MR) is 82.3 cm³/mol. The van der Waals surface area contributed by atoms with Crippen molar-refractivity contribution in [3.05, 3.63) is 21.9 Å². The summed E-state index contributed by atoms with van der Waals surface area (Å²) in [5.41, 5.74) is 0.347. The summed E-state index contributed by atoms with van der Waals surface area (Å²) in [4.78, 5) is 5.26. The predicted octanol–water partition coefficient (Wildman–Crippen LogP) is 3.51. The van der Waals surface area contributed by atoms with Gasteiger partial charge in [-0.2, -0.15) is 0 Å². The highest BCUT2D eigenvalue weighted by molar-refractivity contribution is 7.11. The molecule has 0 radical (unpaired) electrons. The van der Waals surface area contributed by atoms with Crippen LogP contribution in [0.1, 0.15) is 37.4 Å². The van der Waals surface area contributed by atoms with Crippen molar-refractivity contribution < 1.29 is 0 Å². The molecular formula is C15H28N2S. The van der Waals surface area contributed by atoms with Gasteiger partial charge in [-0.25, -0.2) is 0 Å². The smallest absolute Gasteiger partial charge is 0.0300 e. The molecule has 0 fully saturated rings. The van der Waals surface area contributed by atoms with Crippen molar-refractivity contribution in [1.82, 2.24) is 10.2 Å². The van der Waals surface area contributed by atoms with Gasteiger partial charge in [0.2, 0.25) is 0 Å². The molecule has 0 saturated carbocycles. The molecular weight excluding hydrogens is 240 g/mol. The van der Waals surface area contributed by atoms with Crippen LogP contribution in [0.5, 0.6) is 0 Å². The standard InChI is InChI=1S/C15H28N2S/c1-12-7-8-14(18-12)11-16-9-10-17(6)13(2)15(3,4)5/h7-8,13,16H,9-11H2,1-6H3. The van der Waals surface area contributed by atoms with Crippen molar-refractivity contribution in [2.45, 2.75) is 47.2 Å². The van der Waals surface area contributed by atoms with E-state index in [0.717, 1.165) is 19.6 Å². The lowest BCUT2D eigenvalue weighted by Gasteiger charge is -2.35. The molecule has 1 aromatic rings. The minimum absolute atomic E-state index is 0.347. The molecule has 104 valence electrons. The SMILES string of the molecule is Cc1ccc(CNCCN(C)C(C)C(C)(C)C)s1. The summed E-state index contributed by atoms with van der Waals surface area (Å²) in [7, 11) is 2.22. The normalized spacial score (nSPS) is 14.2. The zero-order valence-electron chi connectivity index (χ0n) is 12.7. The average molecular weight is 268 g/mol. The number of nitrogens with one attached hydrogen (secondary N) is 1. The van der Waals surface area contributed by atoms with Crippen molar-refractivity contribution in [3.63, 3.8) is 0 Å². The van der Waals surface area contributed by atoms with Crippen LogP contribution in [0.15, 0.2) is 12.1 Å². The molecule has 1 unspecified atom stereocenters. The lowest BCUT2D eigenvalue weighted by Crippen LogP contribution is -2.42. The molecule has 1 N–H and O–H groups in total. The fourth-order valence-electron chi connectivity index (χ4n) is 1.90. The van der Waals surface area contributed by atoms with Crippen LogP contribution in [0.25, 0.3) is 0 Å². The van der Waals surface area contributed by atoms with Crippen LogP contribution in [-0.4, -0.2) is 31.1 Å². The lowest BCUT2D eigenvalue weighted by atomic mass is 9.87. The highest BCUT2D eigenvalue weighted by atomic mass is 32.1. The molecule has 1 rings (SSSR count). The molecule has 0 spiro atoms. The first-order chi connectivity index (χ1) is 8.30. The van der Waals surface area contributed by atoms with Crippen LogP contribution >= 0.6 is 11.3 Å². The Labute approximate surface area is 116 Å². The zero-order chi connectivity index (χ0) is 13.8. The van der Waals surface area contributed by atoms with Gasteiger partial charge < -0.3 is 10.2 Å². The van der Waals surface area contributed by atoms with Gasteiger partial charge in [0.1, 0.15) is 0 Å². The summed E-state index contributed by atoms with van der Waals surface area (Å²) >= 11 is 1.88. The van der Waals surface area contributed by atoms with E-state index in [1.165, 1.54) is 9.75 Å². The Hall–Kier alpha value is -0.380. The second-order valence-electron chi connectivity index (χ2n) is 6.21. The lowest BCUT2D eigenvalue weighted by molar-refractivity contribution is 0.142. The van der Waals surface area contributed by atoms with E-state index in [0.29, 0.717) is 11.5 Å². The van der Waals surface area contributed by atoms with Gasteiger partial charge in [-0.3, -0.25) is 0 Å². The van der Waals surface area contributed by atoms with E-state index in [-0.39, 0.29) is 0 Å². The number of nitrogens with zero attached hydrogens (tertiary/aromatic N) is 1. The van der Waals surface area contributed by atoms with Crippen molar-refractivity contribution in [2.24, 2.45) is 5.41 Å². The van der Waals surface area contributed by atoms with Gasteiger partial charge in [0, 0.05) is 35.4 Å². The van der Waals surface area contributed by atoms with Gasteiger partial charge in [0.15, 0.2) is 0 Å². The maximum absolute atomic E-state index is 3.52. The van der Waals surface area contributed by atoms with E-state index in [1.807, 2.05) is 11.3 Å². The summed E-state index contributed by atoms with van der Waals surface area (Å²) in [6.07, 6.45) is 0. The molecule has 0 saturated heterocycles. The molecule has 18 heavy (non-hydrogen) atoms. The Kier molecular flexibility index (Phi) is 5.83. The maximum atomic E-state index is 3.52. The van der Waals surface area contributed by atoms with Gasteiger partial charge in [-0.1, -0.05) is 20.8 Å². The Morgan fingerprint density at radius 2 is 2.00 bits per heavy atom. The summed E-state index contributed by atoms with van der Waals surface area (Å²) in [5.74, 6) is 0. The minimum atomic E-state index is 0.347. The number of hydrogen-bond donors (Lipinski definition) is 1. The van der Waals surface area contributed by atoms with Gasteiger partial charge >= 0.3 is 0 Å². The molecule has 0 bridgehead atoms. The molecule has 3 heteroatoms. The maximum Gasteiger partial charge on any atom is 0.0300 e. The van der Waals surface area contributed by atoms with Crippen molar-refractivity contribution in [2.75, 3.05) is 20.1 Å². The van der Waals surface area contributed by atoms with Gasteiger partial charge in [-0.05, 0) is 38.4 Å². The number of thiophene rings is 1. The minimum Gasteiger partial charge on any atom is -0.311 e. The van der Waals surface area contributed by atoms with E-state index >= 15 is 0 Å². The fraction of sp³-hybridized carbons (Fsp3) is 0.733. The van der Waals surface area contributed by atoms with E-state index in [2.05, 4.69) is 64.0 Å². The third kappa shape index (κ3) is 5.09. The van der Waals surface area contributed by atoms with Crippen LogP contribution in [0.3, 0.4) is 0 Å². The Balaban J connectivity index is 2.22. The second-order valence-corrected chi connectivity index (χ2v) is 7.58. The quantitative estimate of drug-likeness (QED) is 0.794. The van der Waals surface area contributed by atoms with Crippen molar-refractivity contribution >= 4 is 11.3 Å². The van der Waals surface area contributed by atoms with E-state index < -0.39 is 0 Å². The molecule has 0 amide bonds. The topological polar surface area (TPSA) is 15.3 Å². The first kappa shape index (κ1) is 15.7. The molecule has 1 aromatic heterocycles. The number of likely N-dealkylation sites (N-methyl/N-ethyl adjacent to an activating group) is 1. The second kappa shape index (κ2) is 6.69. The number of aryl methyl sites for hydroxylation is 1. The zero-order valence-corrected chi connectivity index (χ0v) is 13.5. The Bertz CT molecular complexity index is 352. The van der Waals surface area contributed by atoms with Gasteiger partial charge in [0.25, 0.3) is 0 Å². The van der Waals surface area contributed by atoms with E-state index in [9.17, 15) is 0 Å². The molecule has 0 aliphatic heterocycles. The fourth-order valence-corrected chi connectivity index (χ4v) is 2.76. The van der Waals surface area contributed by atoms with Crippen LogP contribution in [0.4, 0.5) is 0 Å². The highest BCUT2D eigenvalue weighted by Gasteiger charge is 2.23. The molecule has 2 nitrogen and oxygen atoms in total. The Morgan fingerprint density at radius 3 is 2.50 bits per heavy atom. The number of hydrogen-bond acceptors (Lipinski definition) is 3. The number of rotatable bonds is 6. The summed E-state index contributed by atoms with van der Waals surface area (Å²) < 4.78 is 0.